The highest BCUT2D eigenvalue weighted by Gasteiger charge is 2.26. The van der Waals surface area contributed by atoms with Gasteiger partial charge in [-0.3, -0.25) is 14.4 Å². The van der Waals surface area contributed by atoms with Crippen LogP contribution >= 0.6 is 11.3 Å². The average Bonchev–Trinajstić information content (AvgIpc) is 3.22. The molecule has 0 N–H and O–H groups in total. The lowest BCUT2D eigenvalue weighted by atomic mass is 10.2. The van der Waals surface area contributed by atoms with Crippen molar-refractivity contribution in [1.29, 1.82) is 0 Å². The van der Waals surface area contributed by atoms with Crippen molar-refractivity contribution < 1.29 is 13.6 Å². The van der Waals surface area contributed by atoms with E-state index in [1.807, 2.05) is 30.3 Å². The summed E-state index contributed by atoms with van der Waals surface area (Å²) < 4.78 is 29.6. The van der Waals surface area contributed by atoms with Crippen LogP contribution in [0.25, 0.3) is 10.2 Å². The molecule has 0 spiro atoms. The van der Waals surface area contributed by atoms with Crippen LogP contribution in [0, 0.1) is 18.6 Å². The van der Waals surface area contributed by atoms with E-state index in [-0.39, 0.29) is 18.0 Å². The third kappa shape index (κ3) is 3.38. The average molecular weight is 398 g/mol. The van der Waals surface area contributed by atoms with E-state index >= 15 is 0 Å². The van der Waals surface area contributed by atoms with Crippen LogP contribution in [0.4, 0.5) is 13.9 Å². The summed E-state index contributed by atoms with van der Waals surface area (Å²) in [4.78, 5) is 19.0. The number of carbonyl (C=O) groups excluding carboxylic acids is 1. The number of nitrogens with zero attached hydrogens (tertiary/aromatic N) is 4. The predicted octanol–water partition coefficient (Wildman–Crippen LogP) is 4.46. The van der Waals surface area contributed by atoms with Crippen LogP contribution in [0.1, 0.15) is 21.6 Å². The topological polar surface area (TPSA) is 51.0 Å². The molecular formula is C20H16F2N4OS. The van der Waals surface area contributed by atoms with E-state index in [1.165, 1.54) is 11.0 Å². The van der Waals surface area contributed by atoms with Gasteiger partial charge in [-0.2, -0.15) is 5.10 Å². The summed E-state index contributed by atoms with van der Waals surface area (Å²) in [5.41, 5.74) is 1.95. The van der Waals surface area contributed by atoms with Gasteiger partial charge in [-0.25, -0.2) is 13.8 Å². The molecule has 28 heavy (non-hydrogen) atoms. The Hall–Kier alpha value is -3.13. The normalized spacial score (nSPS) is 11.1. The lowest BCUT2D eigenvalue weighted by Crippen LogP contribution is -2.31. The van der Waals surface area contributed by atoms with Crippen LogP contribution in [0.2, 0.25) is 0 Å². The van der Waals surface area contributed by atoms with E-state index in [2.05, 4.69) is 10.1 Å². The van der Waals surface area contributed by atoms with E-state index in [0.29, 0.717) is 15.5 Å². The number of hydrogen-bond acceptors (Lipinski definition) is 4. The first-order valence-corrected chi connectivity index (χ1v) is 9.35. The number of thiazole rings is 1. The minimum absolute atomic E-state index is 0.0463. The molecule has 4 rings (SSSR count). The Balaban J connectivity index is 1.82. The first kappa shape index (κ1) is 18.2. The highest BCUT2D eigenvalue weighted by Crippen LogP contribution is 2.33. The summed E-state index contributed by atoms with van der Waals surface area (Å²) in [7, 11) is 1.74. The van der Waals surface area contributed by atoms with E-state index < -0.39 is 11.6 Å². The number of aromatic nitrogens is 3. The second-order valence-corrected chi connectivity index (χ2v) is 7.45. The second-order valence-electron chi connectivity index (χ2n) is 6.44. The zero-order chi connectivity index (χ0) is 19.8. The van der Waals surface area contributed by atoms with Gasteiger partial charge < -0.3 is 0 Å². The third-order valence-electron chi connectivity index (χ3n) is 4.28. The summed E-state index contributed by atoms with van der Waals surface area (Å²) in [6.07, 6.45) is 1.75. The van der Waals surface area contributed by atoms with Gasteiger partial charge in [-0.05, 0) is 18.6 Å². The van der Waals surface area contributed by atoms with Gasteiger partial charge in [0.25, 0.3) is 5.91 Å². The molecule has 2 aromatic heterocycles. The van der Waals surface area contributed by atoms with E-state index in [0.717, 1.165) is 28.5 Å². The molecule has 5 nitrogen and oxygen atoms in total. The molecule has 0 bridgehead atoms. The lowest BCUT2D eigenvalue weighted by Gasteiger charge is -2.19. The number of fused-ring (bicyclic) bond motifs is 1. The Labute approximate surface area is 163 Å². The van der Waals surface area contributed by atoms with Crippen LogP contribution in [0.3, 0.4) is 0 Å². The molecule has 4 aromatic rings. The maximum Gasteiger partial charge on any atom is 0.281 e. The van der Waals surface area contributed by atoms with Gasteiger partial charge in [0.15, 0.2) is 16.6 Å². The number of benzene rings is 2. The van der Waals surface area contributed by atoms with Crippen LogP contribution in [0.5, 0.6) is 0 Å². The molecule has 1 amide bonds. The van der Waals surface area contributed by atoms with Crippen molar-refractivity contribution in [2.24, 2.45) is 7.05 Å². The molecule has 8 heteroatoms. The minimum atomic E-state index is -0.751. The van der Waals surface area contributed by atoms with Crippen molar-refractivity contribution in [3.8, 4) is 0 Å². The Bertz CT molecular complexity index is 1170. The number of hydrogen-bond donors (Lipinski definition) is 0. The monoisotopic (exact) mass is 398 g/mol. The standard InChI is InChI=1S/C20H16F2N4OS/c1-12-10-25(2)24-17(12)19(27)26(11-13-6-4-3-5-7-13)20-23-18-15(22)8-14(21)9-16(18)28-20/h3-10H,11H2,1-2H3. The molecule has 0 aliphatic heterocycles. The summed E-state index contributed by atoms with van der Waals surface area (Å²) in [6.45, 7) is 2.04. The molecule has 0 radical (unpaired) electrons. The van der Waals surface area contributed by atoms with E-state index in [4.69, 9.17) is 0 Å². The Morgan fingerprint density at radius 1 is 1.21 bits per heavy atom. The Morgan fingerprint density at radius 3 is 2.64 bits per heavy atom. The maximum absolute atomic E-state index is 14.1. The largest absolute Gasteiger partial charge is 0.281 e. The smallest absolute Gasteiger partial charge is 0.278 e. The highest BCUT2D eigenvalue weighted by molar-refractivity contribution is 7.22. The highest BCUT2D eigenvalue weighted by atomic mass is 32.1. The molecule has 2 aromatic carbocycles. The fourth-order valence-corrected chi connectivity index (χ4v) is 4.00. The van der Waals surface area contributed by atoms with Gasteiger partial charge in [0.1, 0.15) is 11.3 Å². The molecule has 142 valence electrons. The molecule has 0 atom stereocenters. The van der Waals surface area contributed by atoms with Gasteiger partial charge >= 0.3 is 0 Å². The summed E-state index contributed by atoms with van der Waals surface area (Å²) in [5, 5.41) is 4.54. The number of aryl methyl sites for hydroxylation is 2. The molecule has 0 unspecified atom stereocenters. The number of carbonyl (C=O) groups is 1. The zero-order valence-corrected chi connectivity index (χ0v) is 16.0. The van der Waals surface area contributed by atoms with Crippen molar-refractivity contribution in [2.75, 3.05) is 4.90 Å². The Morgan fingerprint density at radius 2 is 1.96 bits per heavy atom. The number of halogens is 2. The van der Waals surface area contributed by atoms with Crippen LogP contribution < -0.4 is 4.90 Å². The van der Waals surface area contributed by atoms with Crippen molar-refractivity contribution in [3.63, 3.8) is 0 Å². The minimum Gasteiger partial charge on any atom is -0.278 e. The Kier molecular flexibility index (Phi) is 4.64. The first-order valence-electron chi connectivity index (χ1n) is 8.54. The quantitative estimate of drug-likeness (QED) is 0.510. The van der Waals surface area contributed by atoms with Gasteiger partial charge in [-0.15, -0.1) is 0 Å². The number of anilines is 1. The fourth-order valence-electron chi connectivity index (χ4n) is 3.00. The maximum atomic E-state index is 14.1. The summed E-state index contributed by atoms with van der Waals surface area (Å²) in [6, 6.07) is 11.4. The molecule has 2 heterocycles. The molecule has 0 saturated heterocycles. The van der Waals surface area contributed by atoms with Gasteiger partial charge in [-0.1, -0.05) is 41.7 Å². The van der Waals surface area contributed by atoms with Crippen LogP contribution in [-0.4, -0.2) is 20.7 Å². The number of amides is 1. The van der Waals surface area contributed by atoms with Crippen LogP contribution in [0.15, 0.2) is 48.7 Å². The zero-order valence-electron chi connectivity index (χ0n) is 15.2. The molecule has 0 saturated carbocycles. The summed E-state index contributed by atoms with van der Waals surface area (Å²) in [5.74, 6) is -1.78. The molecule has 0 aliphatic rings. The van der Waals surface area contributed by atoms with E-state index in [9.17, 15) is 13.6 Å². The second kappa shape index (κ2) is 7.12. The van der Waals surface area contributed by atoms with Gasteiger partial charge in [0.2, 0.25) is 0 Å². The van der Waals surface area contributed by atoms with E-state index in [1.54, 1.807) is 24.9 Å². The lowest BCUT2D eigenvalue weighted by molar-refractivity contribution is 0.0979. The molecule has 0 fully saturated rings. The predicted molar refractivity (Wildman–Crippen MR) is 104 cm³/mol. The molecular weight excluding hydrogens is 382 g/mol. The fraction of sp³-hybridized carbons (Fsp3) is 0.150. The van der Waals surface area contributed by atoms with Crippen molar-refractivity contribution in [3.05, 3.63) is 77.1 Å². The third-order valence-corrected chi connectivity index (χ3v) is 5.30. The SMILES string of the molecule is Cc1cn(C)nc1C(=O)N(Cc1ccccc1)c1nc2c(F)cc(F)cc2s1. The first-order chi connectivity index (χ1) is 13.4. The van der Waals surface area contributed by atoms with Gasteiger partial charge in [0.05, 0.1) is 11.2 Å². The van der Waals surface area contributed by atoms with Crippen molar-refractivity contribution >= 4 is 32.6 Å². The molecule has 0 aliphatic carbocycles. The summed E-state index contributed by atoms with van der Waals surface area (Å²) >= 11 is 1.07. The van der Waals surface area contributed by atoms with Crippen molar-refractivity contribution in [2.45, 2.75) is 13.5 Å². The number of rotatable bonds is 4. The van der Waals surface area contributed by atoms with Gasteiger partial charge in [0, 0.05) is 24.9 Å². The van der Waals surface area contributed by atoms with Crippen molar-refractivity contribution in [1.82, 2.24) is 14.8 Å². The van der Waals surface area contributed by atoms with Crippen LogP contribution in [-0.2, 0) is 13.6 Å².